The number of hydrogen-bond donors (Lipinski definition) is 1. The zero-order valence-electron chi connectivity index (χ0n) is 13.7. The molecule has 0 fully saturated rings. The molecule has 0 saturated heterocycles. The van der Waals surface area contributed by atoms with Crippen molar-refractivity contribution in [3.8, 4) is 17.7 Å². The second kappa shape index (κ2) is 7.38. The van der Waals surface area contributed by atoms with Gasteiger partial charge in [0.05, 0.1) is 5.54 Å². The molecule has 1 N–H and O–H groups in total. The van der Waals surface area contributed by atoms with Crippen molar-refractivity contribution in [2.75, 3.05) is 6.26 Å². The molecule has 1 aromatic carbocycles. The first-order chi connectivity index (χ1) is 11.0. The summed E-state index contributed by atoms with van der Waals surface area (Å²) in [5.41, 5.74) is -1.29. The number of thioether (sulfide) groups is 1. The van der Waals surface area contributed by atoms with Crippen LogP contribution in [0.15, 0.2) is 36.5 Å². The maximum Gasteiger partial charge on any atom is 0.272 e. The molecule has 1 unspecified atom stereocenters. The largest absolute Gasteiger partial charge is 0.453 e. The Bertz CT molecular complexity index is 757. The van der Waals surface area contributed by atoms with Crippen LogP contribution in [-0.2, 0) is 4.79 Å². The lowest BCUT2D eigenvalue weighted by atomic mass is 10.1. The summed E-state index contributed by atoms with van der Waals surface area (Å²) < 4.78 is 5.85. The van der Waals surface area contributed by atoms with E-state index < -0.39 is 11.0 Å². The van der Waals surface area contributed by atoms with E-state index >= 15 is 0 Å². The van der Waals surface area contributed by atoms with Gasteiger partial charge in [0, 0.05) is 11.6 Å². The van der Waals surface area contributed by atoms with Crippen LogP contribution in [0.5, 0.6) is 5.88 Å². The molecule has 1 amide bonds. The Morgan fingerprint density at radius 3 is 2.78 bits per heavy atom. The van der Waals surface area contributed by atoms with Crippen LogP contribution in [0.1, 0.15) is 20.8 Å². The number of benzene rings is 1. The van der Waals surface area contributed by atoms with E-state index in [2.05, 4.69) is 22.1 Å². The molecule has 0 spiro atoms. The Kier molecular flexibility index (Phi) is 5.51. The number of carbonyl (C=O) groups excluding carboxylic acids is 1. The van der Waals surface area contributed by atoms with Crippen LogP contribution >= 0.6 is 11.8 Å². The maximum absolute atomic E-state index is 12.5. The Morgan fingerprint density at radius 1 is 1.35 bits per heavy atom. The second-order valence-corrected chi connectivity index (χ2v) is 6.41. The highest BCUT2D eigenvalue weighted by Crippen LogP contribution is 2.25. The van der Waals surface area contributed by atoms with Gasteiger partial charge in [-0.2, -0.15) is 0 Å². The Labute approximate surface area is 141 Å². The molecule has 0 aliphatic carbocycles. The normalized spacial score (nSPS) is 12.2. The Morgan fingerprint density at radius 2 is 2.09 bits per heavy atom. The van der Waals surface area contributed by atoms with Gasteiger partial charge in [0.2, 0.25) is 11.3 Å². The van der Waals surface area contributed by atoms with E-state index in [-0.39, 0.29) is 5.91 Å². The number of hydrogen-bond acceptors (Lipinski definition) is 4. The number of pyridine rings is 1. The first-order valence-electron chi connectivity index (χ1n) is 7.26. The molecule has 0 aliphatic rings. The van der Waals surface area contributed by atoms with Crippen molar-refractivity contribution in [3.63, 3.8) is 0 Å². The average molecular weight is 328 g/mol. The van der Waals surface area contributed by atoms with E-state index in [1.807, 2.05) is 50.4 Å². The van der Waals surface area contributed by atoms with Gasteiger partial charge in [-0.25, -0.2) is 4.98 Å². The van der Waals surface area contributed by atoms with Crippen molar-refractivity contribution >= 4 is 28.4 Å². The minimum absolute atomic E-state index is 0.222. The molecule has 120 valence electrons. The number of rotatable bonds is 5. The SMILES string of the molecule is CC#CC(C)(C)NC(=O)C(Oc1nccc2ccccc12)SC. The van der Waals surface area contributed by atoms with Gasteiger partial charge < -0.3 is 10.1 Å². The summed E-state index contributed by atoms with van der Waals surface area (Å²) in [6.07, 6.45) is 3.51. The van der Waals surface area contributed by atoms with Crippen LogP contribution < -0.4 is 10.1 Å². The summed E-state index contributed by atoms with van der Waals surface area (Å²) >= 11 is 1.32. The molecule has 0 radical (unpaired) electrons. The molecule has 0 aliphatic heterocycles. The van der Waals surface area contributed by atoms with Crippen LogP contribution in [0.2, 0.25) is 0 Å². The first-order valence-corrected chi connectivity index (χ1v) is 8.55. The predicted octanol–water partition coefficient (Wildman–Crippen LogP) is 3.22. The molecule has 2 aromatic rings. The number of ether oxygens (including phenoxy) is 1. The number of nitrogens with one attached hydrogen (secondary N) is 1. The average Bonchev–Trinajstić information content (AvgIpc) is 2.52. The highest BCUT2D eigenvalue weighted by Gasteiger charge is 2.26. The van der Waals surface area contributed by atoms with Gasteiger partial charge in [-0.3, -0.25) is 4.79 Å². The lowest BCUT2D eigenvalue weighted by Gasteiger charge is -2.23. The molecule has 0 saturated carbocycles. The fourth-order valence-corrected chi connectivity index (χ4v) is 2.67. The van der Waals surface area contributed by atoms with Gasteiger partial charge in [0.15, 0.2) is 0 Å². The highest BCUT2D eigenvalue weighted by atomic mass is 32.2. The number of aromatic nitrogens is 1. The maximum atomic E-state index is 12.5. The standard InChI is InChI=1S/C18H20N2O2S/c1-5-11-18(2,3)20-15(21)17(23-4)22-16-14-9-7-6-8-13(14)10-12-19-16/h6-10,12,17H,1-4H3,(H,20,21). The van der Waals surface area contributed by atoms with Crippen LogP contribution in [0, 0.1) is 11.8 Å². The summed E-state index contributed by atoms with van der Waals surface area (Å²) in [5, 5.41) is 4.80. The third-order valence-electron chi connectivity index (χ3n) is 3.16. The molecule has 23 heavy (non-hydrogen) atoms. The van der Waals surface area contributed by atoms with E-state index in [1.54, 1.807) is 13.1 Å². The molecule has 1 heterocycles. The van der Waals surface area contributed by atoms with Gasteiger partial charge >= 0.3 is 0 Å². The monoisotopic (exact) mass is 328 g/mol. The summed E-state index contributed by atoms with van der Waals surface area (Å²) in [6.45, 7) is 5.46. The number of carbonyl (C=O) groups is 1. The smallest absolute Gasteiger partial charge is 0.272 e. The molecule has 2 rings (SSSR count). The van der Waals surface area contributed by atoms with Crippen LogP contribution in [0.4, 0.5) is 0 Å². The Balaban J connectivity index is 2.21. The molecule has 5 heteroatoms. The lowest BCUT2D eigenvalue weighted by molar-refractivity contribution is -0.125. The quantitative estimate of drug-likeness (QED) is 0.676. The molecule has 0 bridgehead atoms. The van der Waals surface area contributed by atoms with Crippen LogP contribution in [0.25, 0.3) is 10.8 Å². The number of fused-ring (bicyclic) bond motifs is 1. The van der Waals surface area contributed by atoms with E-state index in [1.165, 1.54) is 11.8 Å². The fourth-order valence-electron chi connectivity index (χ4n) is 2.21. The summed E-state index contributed by atoms with van der Waals surface area (Å²) in [5.74, 6) is 6.02. The van der Waals surface area contributed by atoms with Crippen LogP contribution in [0.3, 0.4) is 0 Å². The Hall–Kier alpha value is -2.19. The van der Waals surface area contributed by atoms with Crippen LogP contribution in [-0.4, -0.2) is 28.1 Å². The molecule has 1 atom stereocenters. The topological polar surface area (TPSA) is 51.2 Å². The number of amides is 1. The zero-order chi connectivity index (χ0) is 16.9. The van der Waals surface area contributed by atoms with Crippen molar-refractivity contribution in [2.24, 2.45) is 0 Å². The van der Waals surface area contributed by atoms with Gasteiger partial charge in [0.1, 0.15) is 0 Å². The lowest BCUT2D eigenvalue weighted by Crippen LogP contribution is -2.47. The van der Waals surface area contributed by atoms with E-state index in [0.29, 0.717) is 5.88 Å². The summed E-state index contributed by atoms with van der Waals surface area (Å²) in [7, 11) is 0. The second-order valence-electron chi connectivity index (χ2n) is 5.51. The van der Waals surface area contributed by atoms with E-state index in [4.69, 9.17) is 4.74 Å². The molecular formula is C18H20N2O2S. The third-order valence-corrected chi connectivity index (χ3v) is 3.90. The minimum atomic E-state index is -0.689. The highest BCUT2D eigenvalue weighted by molar-refractivity contribution is 7.99. The first kappa shape index (κ1) is 17.2. The number of nitrogens with zero attached hydrogens (tertiary/aromatic N) is 1. The van der Waals surface area contributed by atoms with Gasteiger partial charge in [-0.1, -0.05) is 24.1 Å². The molecular weight excluding hydrogens is 308 g/mol. The molecule has 1 aromatic heterocycles. The van der Waals surface area contributed by atoms with Gasteiger partial charge in [-0.15, -0.1) is 17.7 Å². The van der Waals surface area contributed by atoms with Crippen molar-refractivity contribution in [3.05, 3.63) is 36.5 Å². The van der Waals surface area contributed by atoms with Crippen molar-refractivity contribution in [2.45, 2.75) is 31.7 Å². The van der Waals surface area contributed by atoms with Gasteiger partial charge in [-0.05, 0) is 44.5 Å². The van der Waals surface area contributed by atoms with E-state index in [9.17, 15) is 4.79 Å². The predicted molar refractivity (Wildman–Crippen MR) is 95.3 cm³/mol. The third kappa shape index (κ3) is 4.40. The summed E-state index contributed by atoms with van der Waals surface area (Å²) in [4.78, 5) is 16.7. The minimum Gasteiger partial charge on any atom is -0.453 e. The van der Waals surface area contributed by atoms with Crippen molar-refractivity contribution < 1.29 is 9.53 Å². The fraction of sp³-hybridized carbons (Fsp3) is 0.333. The van der Waals surface area contributed by atoms with Crippen molar-refractivity contribution in [1.82, 2.24) is 10.3 Å². The zero-order valence-corrected chi connectivity index (χ0v) is 14.5. The van der Waals surface area contributed by atoms with E-state index in [0.717, 1.165) is 10.8 Å². The van der Waals surface area contributed by atoms with Gasteiger partial charge in [0.25, 0.3) is 5.91 Å². The molecule has 4 nitrogen and oxygen atoms in total. The van der Waals surface area contributed by atoms with Crippen molar-refractivity contribution in [1.29, 1.82) is 0 Å². The summed E-state index contributed by atoms with van der Waals surface area (Å²) in [6, 6.07) is 9.70.